The van der Waals surface area contributed by atoms with Gasteiger partial charge < -0.3 is 9.84 Å². The van der Waals surface area contributed by atoms with Crippen molar-refractivity contribution in [2.45, 2.75) is 26.3 Å². The second-order valence-corrected chi connectivity index (χ2v) is 5.39. The predicted octanol–water partition coefficient (Wildman–Crippen LogP) is 2.93. The Morgan fingerprint density at radius 2 is 2.09 bits per heavy atom. The number of aromatic nitrogens is 1. The van der Waals surface area contributed by atoms with Crippen LogP contribution >= 0.6 is 0 Å². The van der Waals surface area contributed by atoms with Crippen molar-refractivity contribution in [2.24, 2.45) is 16.1 Å². The first kappa shape index (κ1) is 15.2. The van der Waals surface area contributed by atoms with Gasteiger partial charge in [-0.25, -0.2) is 0 Å². The minimum absolute atomic E-state index is 0.0335. The van der Waals surface area contributed by atoms with E-state index in [1.807, 2.05) is 0 Å². The molecule has 23 heavy (non-hydrogen) atoms. The number of aromatic hydroxyl groups is 1. The summed E-state index contributed by atoms with van der Waals surface area (Å²) in [5.74, 6) is -0.965. The lowest BCUT2D eigenvalue weighted by atomic mass is 10.2. The van der Waals surface area contributed by atoms with Crippen molar-refractivity contribution in [1.82, 2.24) is 4.57 Å². The second-order valence-electron chi connectivity index (χ2n) is 5.39. The minimum atomic E-state index is -0.457. The van der Waals surface area contributed by atoms with Crippen LogP contribution in [0.25, 0.3) is 10.9 Å². The molecule has 1 saturated carbocycles. The van der Waals surface area contributed by atoms with Gasteiger partial charge in [0.15, 0.2) is 5.69 Å². The van der Waals surface area contributed by atoms with Gasteiger partial charge in [-0.15, -0.1) is 10.2 Å². The lowest BCUT2D eigenvalue weighted by Gasteiger charge is -2.06. The summed E-state index contributed by atoms with van der Waals surface area (Å²) in [7, 11) is 0. The van der Waals surface area contributed by atoms with E-state index in [2.05, 4.69) is 10.2 Å². The number of carbonyl (C=O) groups excluding carboxylic acids is 2. The van der Waals surface area contributed by atoms with E-state index >= 15 is 0 Å². The van der Waals surface area contributed by atoms with Crippen molar-refractivity contribution in [3.63, 3.8) is 0 Å². The Balaban J connectivity index is 1.98. The molecule has 2 aromatic rings. The van der Waals surface area contributed by atoms with Crippen molar-refractivity contribution in [3.8, 4) is 5.88 Å². The average Bonchev–Trinajstić information content (AvgIpc) is 3.35. The van der Waals surface area contributed by atoms with Crippen LogP contribution in [0, 0.1) is 5.92 Å². The standard InChI is InChI=1S/C16H17N3O4/c1-2-23-13(20)9-19-12-6-4-3-5-11(12)14(16(19)22)17-18-15(21)10-7-8-10/h3-6,10,22H,2,7-9H2,1H3. The normalized spacial score (nSPS) is 14.5. The van der Waals surface area contributed by atoms with Crippen LogP contribution < -0.4 is 0 Å². The molecule has 0 saturated heterocycles. The number of hydrogen-bond donors (Lipinski definition) is 1. The third-order valence-corrected chi connectivity index (χ3v) is 3.69. The number of ether oxygens (including phenoxy) is 1. The zero-order valence-electron chi connectivity index (χ0n) is 12.7. The molecule has 0 radical (unpaired) electrons. The van der Waals surface area contributed by atoms with Crippen LogP contribution in [0.2, 0.25) is 0 Å². The molecule has 1 N–H and O–H groups in total. The molecule has 120 valence electrons. The van der Waals surface area contributed by atoms with Gasteiger partial charge in [-0.1, -0.05) is 18.2 Å². The number of para-hydroxylation sites is 1. The number of amides is 1. The number of hydrogen-bond acceptors (Lipinski definition) is 5. The van der Waals surface area contributed by atoms with Crippen molar-refractivity contribution in [3.05, 3.63) is 24.3 Å². The highest BCUT2D eigenvalue weighted by molar-refractivity contribution is 5.96. The molecule has 0 unspecified atom stereocenters. The van der Waals surface area contributed by atoms with Crippen LogP contribution in [0.1, 0.15) is 19.8 Å². The maximum absolute atomic E-state index is 11.7. The maximum atomic E-state index is 11.7. The van der Waals surface area contributed by atoms with E-state index in [9.17, 15) is 14.7 Å². The van der Waals surface area contributed by atoms with E-state index in [0.717, 1.165) is 12.8 Å². The van der Waals surface area contributed by atoms with Crippen LogP contribution in [0.3, 0.4) is 0 Å². The molecule has 1 aliphatic rings. The summed E-state index contributed by atoms with van der Waals surface area (Å²) in [6.07, 6.45) is 1.68. The fourth-order valence-corrected chi connectivity index (χ4v) is 2.38. The van der Waals surface area contributed by atoms with Gasteiger partial charge in [0.1, 0.15) is 6.54 Å². The molecule has 1 heterocycles. The van der Waals surface area contributed by atoms with Gasteiger partial charge >= 0.3 is 5.97 Å². The molecule has 0 atom stereocenters. The second kappa shape index (κ2) is 6.20. The van der Waals surface area contributed by atoms with Gasteiger partial charge in [-0.2, -0.15) is 0 Å². The van der Waals surface area contributed by atoms with E-state index in [1.165, 1.54) is 4.57 Å². The van der Waals surface area contributed by atoms with Gasteiger partial charge in [0.2, 0.25) is 5.88 Å². The van der Waals surface area contributed by atoms with Gasteiger partial charge in [0, 0.05) is 11.3 Å². The number of azo groups is 1. The SMILES string of the molecule is CCOC(=O)Cn1c(O)c(N=NC(=O)C2CC2)c2ccccc21. The van der Waals surface area contributed by atoms with Crippen molar-refractivity contribution in [2.75, 3.05) is 6.61 Å². The Morgan fingerprint density at radius 3 is 2.78 bits per heavy atom. The summed E-state index contributed by atoms with van der Waals surface area (Å²) < 4.78 is 6.32. The summed E-state index contributed by atoms with van der Waals surface area (Å²) in [6, 6.07) is 7.10. The highest BCUT2D eigenvalue weighted by Crippen LogP contribution is 2.39. The third-order valence-electron chi connectivity index (χ3n) is 3.69. The molecule has 1 aliphatic carbocycles. The quantitative estimate of drug-likeness (QED) is 0.678. The van der Waals surface area contributed by atoms with E-state index in [-0.39, 0.29) is 36.5 Å². The zero-order valence-corrected chi connectivity index (χ0v) is 12.7. The summed E-state index contributed by atoms with van der Waals surface area (Å²) in [4.78, 5) is 23.4. The molecule has 1 aromatic heterocycles. The van der Waals surface area contributed by atoms with Crippen molar-refractivity contribution >= 4 is 28.5 Å². The van der Waals surface area contributed by atoms with Crippen LogP contribution in [0.15, 0.2) is 34.5 Å². The van der Waals surface area contributed by atoms with E-state index in [4.69, 9.17) is 4.74 Å². The summed E-state index contributed by atoms with van der Waals surface area (Å²) in [6.45, 7) is 1.85. The molecule has 7 heteroatoms. The predicted molar refractivity (Wildman–Crippen MR) is 82.5 cm³/mol. The maximum Gasteiger partial charge on any atom is 0.326 e. The van der Waals surface area contributed by atoms with Crippen molar-refractivity contribution < 1.29 is 19.4 Å². The summed E-state index contributed by atoms with van der Waals surface area (Å²) in [5.41, 5.74) is 0.824. The van der Waals surface area contributed by atoms with E-state index < -0.39 is 5.97 Å². The van der Waals surface area contributed by atoms with Gasteiger partial charge in [-0.3, -0.25) is 14.2 Å². The number of benzene rings is 1. The fourth-order valence-electron chi connectivity index (χ4n) is 2.38. The van der Waals surface area contributed by atoms with Gasteiger partial charge in [0.05, 0.1) is 12.1 Å². The molecule has 1 amide bonds. The fraction of sp³-hybridized carbons (Fsp3) is 0.375. The lowest BCUT2D eigenvalue weighted by molar-refractivity contribution is -0.143. The van der Waals surface area contributed by atoms with Gasteiger partial charge in [-0.05, 0) is 25.8 Å². The molecule has 7 nitrogen and oxygen atoms in total. The minimum Gasteiger partial charge on any atom is -0.493 e. The monoisotopic (exact) mass is 315 g/mol. The Bertz CT molecular complexity index is 790. The summed E-state index contributed by atoms with van der Waals surface area (Å²) >= 11 is 0. The molecule has 0 spiro atoms. The number of nitrogens with zero attached hydrogens (tertiary/aromatic N) is 3. The van der Waals surface area contributed by atoms with E-state index in [1.54, 1.807) is 31.2 Å². The van der Waals surface area contributed by atoms with Gasteiger partial charge in [0.25, 0.3) is 5.91 Å². The van der Waals surface area contributed by atoms with Crippen LogP contribution in [0.5, 0.6) is 5.88 Å². The molecule has 1 fully saturated rings. The lowest BCUT2D eigenvalue weighted by Crippen LogP contribution is -2.12. The first-order chi connectivity index (χ1) is 11.1. The average molecular weight is 315 g/mol. The third kappa shape index (κ3) is 3.08. The molecule has 0 aliphatic heterocycles. The highest BCUT2D eigenvalue weighted by Gasteiger charge is 2.30. The smallest absolute Gasteiger partial charge is 0.326 e. The van der Waals surface area contributed by atoms with E-state index in [0.29, 0.717) is 10.9 Å². The Labute approximate surface area is 132 Å². The molecule has 0 bridgehead atoms. The van der Waals surface area contributed by atoms with Crippen LogP contribution in [-0.4, -0.2) is 28.2 Å². The van der Waals surface area contributed by atoms with Crippen LogP contribution in [0.4, 0.5) is 5.69 Å². The number of fused-ring (bicyclic) bond motifs is 1. The molecule has 3 rings (SSSR count). The zero-order chi connectivity index (χ0) is 16.4. The number of carbonyl (C=O) groups is 2. The Hall–Kier alpha value is -2.70. The first-order valence-corrected chi connectivity index (χ1v) is 7.53. The number of esters is 1. The molecule has 1 aromatic carbocycles. The first-order valence-electron chi connectivity index (χ1n) is 7.53. The topological polar surface area (TPSA) is 93.2 Å². The van der Waals surface area contributed by atoms with Crippen LogP contribution in [-0.2, 0) is 20.9 Å². The Morgan fingerprint density at radius 1 is 1.35 bits per heavy atom. The highest BCUT2D eigenvalue weighted by atomic mass is 16.5. The largest absolute Gasteiger partial charge is 0.493 e. The number of rotatable bonds is 5. The molecular formula is C16H17N3O4. The Kier molecular flexibility index (Phi) is 4.10. The van der Waals surface area contributed by atoms with Crippen molar-refractivity contribution in [1.29, 1.82) is 0 Å². The molecular weight excluding hydrogens is 298 g/mol. The summed E-state index contributed by atoms with van der Waals surface area (Å²) in [5, 5.41) is 18.6.